The summed E-state index contributed by atoms with van der Waals surface area (Å²) in [5, 5.41) is 5.48. The van der Waals surface area contributed by atoms with Crippen molar-refractivity contribution in [2.75, 3.05) is 6.54 Å². The molecule has 0 radical (unpaired) electrons. The molecule has 0 saturated carbocycles. The highest BCUT2D eigenvalue weighted by Crippen LogP contribution is 2.28. The van der Waals surface area contributed by atoms with Crippen LogP contribution in [0, 0.1) is 0 Å². The zero-order valence-corrected chi connectivity index (χ0v) is 16.5. The van der Waals surface area contributed by atoms with E-state index < -0.39 is 10.0 Å². The van der Waals surface area contributed by atoms with E-state index in [4.69, 9.17) is 0 Å². The lowest BCUT2D eigenvalue weighted by molar-refractivity contribution is 0.410. The second kappa shape index (κ2) is 7.06. The number of para-hydroxylation sites is 1. The number of nitrogens with zero attached hydrogens (tertiary/aromatic N) is 5. The van der Waals surface area contributed by atoms with Crippen LogP contribution in [0.3, 0.4) is 0 Å². The predicted octanol–water partition coefficient (Wildman–Crippen LogP) is 3.09. The Hall–Kier alpha value is -3.10. The van der Waals surface area contributed by atoms with Crippen LogP contribution < -0.4 is 0 Å². The first kappa shape index (κ1) is 18.0. The van der Waals surface area contributed by atoms with Gasteiger partial charge in [0.15, 0.2) is 0 Å². The van der Waals surface area contributed by atoms with Gasteiger partial charge in [-0.05, 0) is 36.8 Å². The minimum absolute atomic E-state index is 0.246. The van der Waals surface area contributed by atoms with Crippen LogP contribution in [0.15, 0.2) is 72.0 Å². The molecule has 0 amide bonds. The van der Waals surface area contributed by atoms with Crippen LogP contribution in [0.4, 0.5) is 0 Å². The molecule has 146 valence electrons. The Morgan fingerprint density at radius 1 is 0.966 bits per heavy atom. The van der Waals surface area contributed by atoms with E-state index in [2.05, 4.69) is 15.1 Å². The predicted molar refractivity (Wildman–Crippen MR) is 109 cm³/mol. The van der Waals surface area contributed by atoms with Crippen molar-refractivity contribution in [2.45, 2.75) is 24.4 Å². The Kier molecular flexibility index (Phi) is 4.37. The average Bonchev–Trinajstić information content (AvgIpc) is 3.05. The Morgan fingerprint density at radius 3 is 2.69 bits per heavy atom. The second-order valence-corrected chi connectivity index (χ2v) is 8.92. The van der Waals surface area contributed by atoms with Crippen LogP contribution in [0.1, 0.15) is 12.1 Å². The highest BCUT2D eigenvalue weighted by atomic mass is 32.2. The molecule has 3 aromatic heterocycles. The summed E-state index contributed by atoms with van der Waals surface area (Å²) in [6.07, 6.45) is 5.80. The van der Waals surface area contributed by atoms with Gasteiger partial charge in [0.25, 0.3) is 0 Å². The molecule has 0 N–H and O–H groups in total. The number of pyridine rings is 2. The fourth-order valence-corrected chi connectivity index (χ4v) is 5.33. The first-order chi connectivity index (χ1) is 14.1. The number of benzene rings is 1. The van der Waals surface area contributed by atoms with Crippen molar-refractivity contribution in [1.29, 1.82) is 0 Å². The third kappa shape index (κ3) is 3.20. The average molecular weight is 405 g/mol. The normalized spacial score (nSPS) is 15.2. The highest BCUT2D eigenvalue weighted by Gasteiger charge is 2.29. The molecular weight excluding hydrogens is 386 g/mol. The van der Waals surface area contributed by atoms with Gasteiger partial charge >= 0.3 is 0 Å². The van der Waals surface area contributed by atoms with E-state index in [0.717, 1.165) is 22.3 Å². The summed E-state index contributed by atoms with van der Waals surface area (Å²) in [4.78, 5) is 8.72. The molecule has 1 aliphatic heterocycles. The third-order valence-electron chi connectivity index (χ3n) is 5.15. The van der Waals surface area contributed by atoms with E-state index >= 15 is 0 Å². The van der Waals surface area contributed by atoms with E-state index in [1.807, 2.05) is 41.1 Å². The summed E-state index contributed by atoms with van der Waals surface area (Å²) in [6, 6.07) is 14.7. The van der Waals surface area contributed by atoms with Gasteiger partial charge in [0, 0.05) is 42.6 Å². The minimum Gasteiger partial charge on any atom is -0.268 e. The summed E-state index contributed by atoms with van der Waals surface area (Å²) in [5.74, 6) is 0. The van der Waals surface area contributed by atoms with Crippen molar-refractivity contribution in [2.24, 2.45) is 0 Å². The maximum atomic E-state index is 13.5. The quantitative estimate of drug-likeness (QED) is 0.523. The zero-order chi connectivity index (χ0) is 19.8. The van der Waals surface area contributed by atoms with Crippen LogP contribution in [-0.2, 0) is 23.1 Å². The van der Waals surface area contributed by atoms with Gasteiger partial charge in [-0.3, -0.25) is 14.6 Å². The molecule has 0 spiro atoms. The van der Waals surface area contributed by atoms with Gasteiger partial charge in [-0.1, -0.05) is 18.2 Å². The molecule has 0 aliphatic carbocycles. The van der Waals surface area contributed by atoms with Crippen LogP contribution >= 0.6 is 0 Å². The van der Waals surface area contributed by atoms with Crippen LogP contribution in [0.25, 0.3) is 22.2 Å². The number of sulfonamides is 1. The standard InChI is InChI=1S/C21H19N5O2S/c27-29(28,20-8-1-5-16-6-3-10-23-21(16)20)25-11-4-12-26-18(15-25)13-19(24-26)17-7-2-9-22-14-17/h1-3,5-10,13-14H,4,11-12,15H2. The van der Waals surface area contributed by atoms with Gasteiger partial charge < -0.3 is 0 Å². The van der Waals surface area contributed by atoms with E-state index in [1.165, 1.54) is 4.31 Å². The molecule has 5 rings (SSSR count). The third-order valence-corrected chi connectivity index (χ3v) is 7.03. The highest BCUT2D eigenvalue weighted by molar-refractivity contribution is 7.89. The Morgan fingerprint density at radius 2 is 1.83 bits per heavy atom. The molecular formula is C21H19N5O2S. The lowest BCUT2D eigenvalue weighted by atomic mass is 10.2. The fraction of sp³-hybridized carbons (Fsp3) is 0.190. The molecule has 4 aromatic rings. The lowest BCUT2D eigenvalue weighted by Crippen LogP contribution is -2.31. The van der Waals surface area contributed by atoms with Crippen molar-refractivity contribution in [3.05, 3.63) is 72.8 Å². The summed E-state index contributed by atoms with van der Waals surface area (Å²) in [7, 11) is -3.69. The molecule has 0 saturated heterocycles. The minimum atomic E-state index is -3.69. The summed E-state index contributed by atoms with van der Waals surface area (Å²) >= 11 is 0. The largest absolute Gasteiger partial charge is 0.268 e. The Labute approximate surface area is 168 Å². The van der Waals surface area contributed by atoms with E-state index in [0.29, 0.717) is 25.0 Å². The van der Waals surface area contributed by atoms with Crippen molar-refractivity contribution in [3.63, 3.8) is 0 Å². The molecule has 8 heteroatoms. The molecule has 1 aliphatic rings. The number of hydrogen-bond donors (Lipinski definition) is 0. The van der Waals surface area contributed by atoms with Crippen molar-refractivity contribution < 1.29 is 8.42 Å². The molecule has 1 aromatic carbocycles. The Bertz CT molecular complexity index is 1280. The maximum absolute atomic E-state index is 13.5. The summed E-state index contributed by atoms with van der Waals surface area (Å²) in [6.45, 7) is 1.39. The van der Waals surface area contributed by atoms with E-state index in [-0.39, 0.29) is 11.4 Å². The van der Waals surface area contributed by atoms with Crippen molar-refractivity contribution in [3.8, 4) is 11.3 Å². The monoisotopic (exact) mass is 405 g/mol. The molecule has 0 unspecified atom stereocenters. The number of fused-ring (bicyclic) bond motifs is 2. The second-order valence-electron chi connectivity index (χ2n) is 7.01. The zero-order valence-electron chi connectivity index (χ0n) is 15.6. The lowest BCUT2D eigenvalue weighted by Gasteiger charge is -2.20. The molecule has 7 nitrogen and oxygen atoms in total. The molecule has 0 bridgehead atoms. The van der Waals surface area contributed by atoms with Crippen LogP contribution in [0.5, 0.6) is 0 Å². The van der Waals surface area contributed by atoms with Crippen molar-refractivity contribution >= 4 is 20.9 Å². The van der Waals surface area contributed by atoms with E-state index in [9.17, 15) is 8.42 Å². The van der Waals surface area contributed by atoms with Gasteiger partial charge in [-0.2, -0.15) is 9.40 Å². The molecule has 29 heavy (non-hydrogen) atoms. The number of hydrogen-bond acceptors (Lipinski definition) is 5. The number of rotatable bonds is 3. The summed E-state index contributed by atoms with van der Waals surface area (Å²) in [5.41, 5.74) is 3.10. The SMILES string of the molecule is O=S(=O)(c1cccc2cccnc12)N1CCCn2nc(-c3cccnc3)cc2C1. The first-order valence-corrected chi connectivity index (χ1v) is 10.9. The van der Waals surface area contributed by atoms with E-state index in [1.54, 1.807) is 30.7 Å². The molecule has 4 heterocycles. The smallest absolute Gasteiger partial charge is 0.245 e. The Balaban J connectivity index is 1.53. The van der Waals surface area contributed by atoms with Gasteiger partial charge in [0.05, 0.1) is 23.4 Å². The first-order valence-electron chi connectivity index (χ1n) is 9.44. The van der Waals surface area contributed by atoms with Crippen LogP contribution in [0.2, 0.25) is 0 Å². The van der Waals surface area contributed by atoms with Crippen molar-refractivity contribution in [1.82, 2.24) is 24.1 Å². The molecule has 0 atom stereocenters. The van der Waals surface area contributed by atoms with Crippen LogP contribution in [-0.4, -0.2) is 39.0 Å². The number of aryl methyl sites for hydroxylation is 1. The maximum Gasteiger partial charge on any atom is 0.245 e. The number of aromatic nitrogens is 4. The van der Waals surface area contributed by atoms with Gasteiger partial charge in [0.2, 0.25) is 10.0 Å². The van der Waals surface area contributed by atoms with Gasteiger partial charge in [0.1, 0.15) is 4.90 Å². The topological polar surface area (TPSA) is 81.0 Å². The summed E-state index contributed by atoms with van der Waals surface area (Å²) < 4.78 is 30.4. The van der Waals surface area contributed by atoms with Gasteiger partial charge in [-0.25, -0.2) is 8.42 Å². The fourth-order valence-electron chi connectivity index (χ4n) is 3.72. The van der Waals surface area contributed by atoms with Gasteiger partial charge in [-0.15, -0.1) is 0 Å². The molecule has 0 fully saturated rings.